The van der Waals surface area contributed by atoms with Gasteiger partial charge in [0, 0.05) is 31.2 Å². The Morgan fingerprint density at radius 3 is 2.40 bits per heavy atom. The van der Waals surface area contributed by atoms with E-state index in [1.807, 2.05) is 23.1 Å². The van der Waals surface area contributed by atoms with Crippen molar-refractivity contribution in [2.75, 3.05) is 43.5 Å². The first-order valence-corrected chi connectivity index (χ1v) is 12.8. The molecule has 0 aliphatic carbocycles. The first-order valence-electron chi connectivity index (χ1n) is 10.6. The van der Waals surface area contributed by atoms with Crippen molar-refractivity contribution in [1.29, 1.82) is 0 Å². The summed E-state index contributed by atoms with van der Waals surface area (Å²) in [5, 5.41) is 3.46. The van der Waals surface area contributed by atoms with Gasteiger partial charge < -0.3 is 15.0 Å². The van der Waals surface area contributed by atoms with Crippen LogP contribution in [0.25, 0.3) is 0 Å². The maximum atomic E-state index is 14.5. The molecule has 35 heavy (non-hydrogen) atoms. The molecule has 0 unspecified atom stereocenters. The van der Waals surface area contributed by atoms with Gasteiger partial charge in [0.15, 0.2) is 0 Å². The van der Waals surface area contributed by atoms with Gasteiger partial charge in [-0.05, 0) is 48.5 Å². The number of piperazine rings is 1. The molecule has 0 saturated carbocycles. The highest BCUT2D eigenvalue weighted by Gasteiger charge is 2.30. The molecular weight excluding hydrogens is 516 g/mol. The van der Waals surface area contributed by atoms with Crippen LogP contribution in [0.3, 0.4) is 0 Å². The summed E-state index contributed by atoms with van der Waals surface area (Å²) in [6.07, 6.45) is 0. The summed E-state index contributed by atoms with van der Waals surface area (Å²) in [5.74, 6) is -1.36. The molecule has 1 amide bonds. The number of nitrogens with one attached hydrogen (secondary N) is 1. The Hall–Kier alpha value is -2.85. The monoisotopic (exact) mass is 537 g/mol. The van der Waals surface area contributed by atoms with Crippen LogP contribution in [0.1, 0.15) is 10.4 Å². The van der Waals surface area contributed by atoms with Gasteiger partial charge in [0.1, 0.15) is 11.6 Å². The Bertz CT molecular complexity index is 1360. The number of carbonyl (C=O) groups is 1. The lowest BCUT2D eigenvalue weighted by molar-refractivity contribution is 0.102. The molecule has 1 aliphatic rings. The zero-order chi connectivity index (χ0) is 25.2. The van der Waals surface area contributed by atoms with Crippen molar-refractivity contribution < 1.29 is 22.3 Å². The summed E-state index contributed by atoms with van der Waals surface area (Å²) in [6.45, 7) is 1.30. The third kappa shape index (κ3) is 5.38. The van der Waals surface area contributed by atoms with Crippen LogP contribution in [0.2, 0.25) is 10.0 Å². The smallest absolute Gasteiger partial charge is 0.258 e. The third-order valence-electron chi connectivity index (χ3n) is 5.66. The molecule has 0 atom stereocenters. The lowest BCUT2D eigenvalue weighted by atomic mass is 10.2. The molecule has 4 rings (SSSR count). The molecule has 7 nitrogen and oxygen atoms in total. The number of hydrogen-bond acceptors (Lipinski definition) is 5. The van der Waals surface area contributed by atoms with E-state index in [1.54, 1.807) is 18.2 Å². The number of ether oxygens (including phenoxy) is 1. The highest BCUT2D eigenvalue weighted by Crippen LogP contribution is 2.30. The summed E-state index contributed by atoms with van der Waals surface area (Å²) in [7, 11) is -2.55. The summed E-state index contributed by atoms with van der Waals surface area (Å²) in [4.78, 5) is 14.7. The van der Waals surface area contributed by atoms with Crippen molar-refractivity contribution in [2.24, 2.45) is 0 Å². The SMILES string of the molecule is COc1ccc(Cl)cc1NC(=O)c1cc(S(=O)(=O)N2CCN(c3ccccc3Cl)CC2)ccc1F. The standard InChI is InChI=1S/C24H22Cl2FN3O4S/c1-34-23-9-6-16(25)14-21(23)28-24(31)18-15-17(7-8-20(18)27)35(32,33)30-12-10-29(11-13-30)22-5-3-2-4-19(22)26/h2-9,14-15H,10-13H2,1H3,(H,28,31). The molecule has 1 aliphatic heterocycles. The summed E-state index contributed by atoms with van der Waals surface area (Å²) in [6, 6.07) is 15.1. The summed E-state index contributed by atoms with van der Waals surface area (Å²) in [5.41, 5.74) is 0.652. The average molecular weight is 538 g/mol. The van der Waals surface area contributed by atoms with Gasteiger partial charge in [0.05, 0.1) is 34.0 Å². The van der Waals surface area contributed by atoms with Crippen LogP contribution >= 0.6 is 23.2 Å². The molecule has 184 valence electrons. The molecule has 11 heteroatoms. The average Bonchev–Trinajstić information content (AvgIpc) is 2.84. The van der Waals surface area contributed by atoms with Gasteiger partial charge in [-0.25, -0.2) is 12.8 Å². The van der Waals surface area contributed by atoms with Gasteiger partial charge in [0.2, 0.25) is 10.0 Å². The van der Waals surface area contributed by atoms with E-state index in [4.69, 9.17) is 27.9 Å². The number of hydrogen-bond donors (Lipinski definition) is 1. The van der Waals surface area contributed by atoms with Crippen molar-refractivity contribution in [2.45, 2.75) is 4.90 Å². The lowest BCUT2D eigenvalue weighted by Crippen LogP contribution is -2.48. The summed E-state index contributed by atoms with van der Waals surface area (Å²) >= 11 is 12.3. The Balaban J connectivity index is 1.53. The van der Waals surface area contributed by atoms with E-state index >= 15 is 0 Å². The number of carbonyl (C=O) groups excluding carboxylic acids is 1. The second-order valence-corrected chi connectivity index (χ2v) is 10.6. The van der Waals surface area contributed by atoms with Crippen LogP contribution in [0.15, 0.2) is 65.6 Å². The van der Waals surface area contributed by atoms with Crippen LogP contribution in [0.5, 0.6) is 5.75 Å². The second-order valence-electron chi connectivity index (χ2n) is 7.78. The van der Waals surface area contributed by atoms with E-state index in [-0.39, 0.29) is 23.7 Å². The fourth-order valence-electron chi connectivity index (χ4n) is 3.83. The van der Waals surface area contributed by atoms with Gasteiger partial charge in [-0.15, -0.1) is 0 Å². The maximum Gasteiger partial charge on any atom is 0.258 e. The highest BCUT2D eigenvalue weighted by atomic mass is 35.5. The van der Waals surface area contributed by atoms with Crippen LogP contribution < -0.4 is 15.0 Å². The van der Waals surface area contributed by atoms with Crippen LogP contribution in [-0.4, -0.2) is 51.9 Å². The second kappa shape index (κ2) is 10.4. The fraction of sp³-hybridized carbons (Fsp3) is 0.208. The van der Waals surface area contributed by atoms with Crippen LogP contribution in [0, 0.1) is 5.82 Å². The van der Waals surface area contributed by atoms with Gasteiger partial charge in [-0.3, -0.25) is 4.79 Å². The number of para-hydroxylation sites is 1. The number of rotatable bonds is 6. The molecule has 1 heterocycles. The molecule has 0 bridgehead atoms. The van der Waals surface area contributed by atoms with Gasteiger partial charge in [-0.2, -0.15) is 4.31 Å². The number of sulfonamides is 1. The Kier molecular flexibility index (Phi) is 7.51. The molecule has 0 aromatic heterocycles. The molecule has 1 saturated heterocycles. The minimum atomic E-state index is -3.96. The largest absolute Gasteiger partial charge is 0.495 e. The van der Waals surface area contributed by atoms with E-state index < -0.39 is 27.3 Å². The predicted molar refractivity (Wildman–Crippen MR) is 135 cm³/mol. The zero-order valence-corrected chi connectivity index (χ0v) is 21.0. The minimum Gasteiger partial charge on any atom is -0.495 e. The molecule has 1 N–H and O–H groups in total. The number of amides is 1. The minimum absolute atomic E-state index is 0.173. The van der Waals surface area contributed by atoms with E-state index in [1.165, 1.54) is 17.5 Å². The van der Waals surface area contributed by atoms with Crippen molar-refractivity contribution in [1.82, 2.24) is 4.31 Å². The van der Waals surface area contributed by atoms with E-state index in [0.717, 1.165) is 23.9 Å². The Morgan fingerprint density at radius 1 is 1.00 bits per heavy atom. The van der Waals surface area contributed by atoms with E-state index in [2.05, 4.69) is 5.32 Å². The third-order valence-corrected chi connectivity index (χ3v) is 8.11. The number of methoxy groups -OCH3 is 1. The van der Waals surface area contributed by atoms with Gasteiger partial charge in [-0.1, -0.05) is 35.3 Å². The number of anilines is 2. The van der Waals surface area contributed by atoms with E-state index in [0.29, 0.717) is 28.9 Å². The molecule has 0 radical (unpaired) electrons. The van der Waals surface area contributed by atoms with Crippen molar-refractivity contribution in [3.63, 3.8) is 0 Å². The quantitative estimate of drug-likeness (QED) is 0.483. The first kappa shape index (κ1) is 25.2. The topological polar surface area (TPSA) is 78.9 Å². The number of benzene rings is 3. The Labute approximate surface area is 213 Å². The Morgan fingerprint density at radius 2 is 1.71 bits per heavy atom. The normalized spacial score (nSPS) is 14.6. The van der Waals surface area contributed by atoms with Crippen molar-refractivity contribution in [3.8, 4) is 5.75 Å². The molecular formula is C24H22Cl2FN3O4S. The summed E-state index contributed by atoms with van der Waals surface area (Å²) < 4.78 is 47.6. The lowest BCUT2D eigenvalue weighted by Gasteiger charge is -2.35. The maximum absolute atomic E-state index is 14.5. The van der Waals surface area contributed by atoms with Gasteiger partial charge in [0.25, 0.3) is 5.91 Å². The first-order chi connectivity index (χ1) is 16.7. The zero-order valence-electron chi connectivity index (χ0n) is 18.7. The van der Waals surface area contributed by atoms with E-state index in [9.17, 15) is 17.6 Å². The number of nitrogens with zero attached hydrogens (tertiary/aromatic N) is 2. The molecule has 3 aromatic carbocycles. The van der Waals surface area contributed by atoms with Crippen LogP contribution in [-0.2, 0) is 10.0 Å². The fourth-order valence-corrected chi connectivity index (χ4v) is 5.71. The highest BCUT2D eigenvalue weighted by molar-refractivity contribution is 7.89. The van der Waals surface area contributed by atoms with Crippen molar-refractivity contribution >= 4 is 50.5 Å². The van der Waals surface area contributed by atoms with Crippen LogP contribution in [0.4, 0.5) is 15.8 Å². The van der Waals surface area contributed by atoms with Crippen molar-refractivity contribution in [3.05, 3.63) is 82.1 Å². The predicted octanol–water partition coefficient (Wildman–Crippen LogP) is 4.90. The molecule has 3 aromatic rings. The molecule has 1 fully saturated rings. The number of halogens is 3. The van der Waals surface area contributed by atoms with Gasteiger partial charge >= 0.3 is 0 Å². The molecule has 0 spiro atoms.